The number of hydrogen-bond donors (Lipinski definition) is 0. The zero-order valence-corrected chi connectivity index (χ0v) is 18.7. The molecule has 0 N–H and O–H groups in total. The van der Waals surface area contributed by atoms with E-state index in [1.165, 1.54) is 0 Å². The van der Waals surface area contributed by atoms with Crippen LogP contribution >= 0.6 is 35.0 Å². The van der Waals surface area contributed by atoms with E-state index in [2.05, 4.69) is 0 Å². The Morgan fingerprint density at radius 2 is 1.73 bits per heavy atom. The van der Waals surface area contributed by atoms with Gasteiger partial charge in [-0.15, -0.1) is 11.8 Å². The molecule has 4 nitrogen and oxygen atoms in total. The summed E-state index contributed by atoms with van der Waals surface area (Å²) in [6.45, 7) is 1.92. The Morgan fingerprint density at radius 3 is 2.43 bits per heavy atom. The van der Waals surface area contributed by atoms with Gasteiger partial charge in [0.25, 0.3) is 5.91 Å². The molecular weight excluding hydrogens is 439 g/mol. The van der Waals surface area contributed by atoms with Gasteiger partial charge in [-0.25, -0.2) is 0 Å². The maximum atomic E-state index is 12.9. The topological polar surface area (TPSA) is 40.6 Å². The van der Waals surface area contributed by atoms with E-state index in [1.807, 2.05) is 58.0 Å². The number of nitrogens with zero attached hydrogens (tertiary/aromatic N) is 2. The number of hydrogen-bond acceptors (Lipinski definition) is 3. The number of likely N-dealkylation sites (tertiary alicyclic amines) is 1. The fourth-order valence-corrected chi connectivity index (χ4v) is 6.00. The molecule has 2 aromatic carbocycles. The zero-order chi connectivity index (χ0) is 21.1. The van der Waals surface area contributed by atoms with Crippen molar-refractivity contribution in [1.29, 1.82) is 0 Å². The minimum atomic E-state index is -0.237. The fourth-order valence-electron chi connectivity index (χ4n) is 4.05. The predicted octanol–water partition coefficient (Wildman–Crippen LogP) is 5.21. The summed E-state index contributed by atoms with van der Waals surface area (Å²) in [7, 11) is 0. The molecule has 2 aliphatic heterocycles. The van der Waals surface area contributed by atoms with Crippen LogP contribution in [0.5, 0.6) is 0 Å². The maximum absolute atomic E-state index is 12.9. The Kier molecular flexibility index (Phi) is 6.42. The SMILES string of the molecule is O=C(c1ccc(Cl)cc1Cl)N1CCC2(CC1)SCCN2C(=O)/C=C/c1ccccc1. The van der Waals surface area contributed by atoms with Gasteiger partial charge in [0, 0.05) is 36.5 Å². The molecular formula is C23H22Cl2N2O2S. The Bertz CT molecular complexity index is 972. The van der Waals surface area contributed by atoms with Gasteiger partial charge in [-0.05, 0) is 42.7 Å². The minimum Gasteiger partial charge on any atom is -0.338 e. The van der Waals surface area contributed by atoms with Crippen LogP contribution < -0.4 is 0 Å². The molecule has 0 aliphatic carbocycles. The highest BCUT2D eigenvalue weighted by Gasteiger charge is 2.46. The van der Waals surface area contributed by atoms with Gasteiger partial charge in [-0.2, -0.15) is 0 Å². The Balaban J connectivity index is 1.43. The highest BCUT2D eigenvalue weighted by molar-refractivity contribution is 8.00. The van der Waals surface area contributed by atoms with E-state index in [4.69, 9.17) is 23.2 Å². The summed E-state index contributed by atoms with van der Waals surface area (Å²) in [5.41, 5.74) is 1.47. The highest BCUT2D eigenvalue weighted by atomic mass is 35.5. The zero-order valence-electron chi connectivity index (χ0n) is 16.4. The summed E-state index contributed by atoms with van der Waals surface area (Å²) in [4.78, 5) is 29.4. The molecule has 7 heteroatoms. The third-order valence-corrected chi connectivity index (χ3v) is 7.76. The van der Waals surface area contributed by atoms with E-state index in [-0.39, 0.29) is 16.7 Å². The van der Waals surface area contributed by atoms with Gasteiger partial charge in [0.05, 0.1) is 15.5 Å². The van der Waals surface area contributed by atoms with E-state index in [0.717, 1.165) is 30.7 Å². The molecule has 4 rings (SSSR count). The predicted molar refractivity (Wildman–Crippen MR) is 124 cm³/mol. The molecule has 0 atom stereocenters. The Labute approximate surface area is 190 Å². The molecule has 0 bridgehead atoms. The van der Waals surface area contributed by atoms with Crippen LogP contribution in [0, 0.1) is 0 Å². The van der Waals surface area contributed by atoms with Crippen LogP contribution in [-0.4, -0.2) is 51.9 Å². The van der Waals surface area contributed by atoms with Gasteiger partial charge in [-0.3, -0.25) is 9.59 Å². The fraction of sp³-hybridized carbons (Fsp3) is 0.304. The molecule has 0 aromatic heterocycles. The number of piperidine rings is 1. The lowest BCUT2D eigenvalue weighted by molar-refractivity contribution is -0.129. The van der Waals surface area contributed by atoms with Gasteiger partial charge in [-0.1, -0.05) is 53.5 Å². The van der Waals surface area contributed by atoms with Crippen molar-refractivity contribution in [2.24, 2.45) is 0 Å². The van der Waals surface area contributed by atoms with Crippen molar-refractivity contribution in [2.45, 2.75) is 17.7 Å². The second-order valence-corrected chi connectivity index (χ2v) is 9.75. The minimum absolute atomic E-state index is 0.0318. The first-order valence-corrected chi connectivity index (χ1v) is 11.7. The smallest absolute Gasteiger partial charge is 0.255 e. The van der Waals surface area contributed by atoms with Crippen LogP contribution in [0.1, 0.15) is 28.8 Å². The molecule has 2 fully saturated rings. The monoisotopic (exact) mass is 460 g/mol. The average molecular weight is 461 g/mol. The largest absolute Gasteiger partial charge is 0.338 e. The number of benzene rings is 2. The summed E-state index contributed by atoms with van der Waals surface area (Å²) < 4.78 is 0. The number of thioether (sulfide) groups is 1. The third-order valence-electron chi connectivity index (χ3n) is 5.65. The van der Waals surface area contributed by atoms with Crippen LogP contribution in [-0.2, 0) is 4.79 Å². The summed E-state index contributed by atoms with van der Waals surface area (Å²) >= 11 is 14.0. The van der Waals surface area contributed by atoms with Gasteiger partial charge in [0.2, 0.25) is 5.91 Å². The first kappa shape index (κ1) is 21.3. The molecule has 2 aliphatic rings. The van der Waals surface area contributed by atoms with Crippen molar-refractivity contribution in [3.63, 3.8) is 0 Å². The summed E-state index contributed by atoms with van der Waals surface area (Å²) in [6.07, 6.45) is 5.02. The van der Waals surface area contributed by atoms with Crippen LogP contribution in [0.2, 0.25) is 10.0 Å². The van der Waals surface area contributed by atoms with Gasteiger partial charge in [0.1, 0.15) is 0 Å². The molecule has 156 valence electrons. The molecule has 1 spiro atoms. The molecule has 0 unspecified atom stereocenters. The van der Waals surface area contributed by atoms with E-state index >= 15 is 0 Å². The van der Waals surface area contributed by atoms with E-state index in [1.54, 1.807) is 24.3 Å². The van der Waals surface area contributed by atoms with E-state index in [9.17, 15) is 9.59 Å². The van der Waals surface area contributed by atoms with Crippen molar-refractivity contribution in [3.8, 4) is 0 Å². The van der Waals surface area contributed by atoms with E-state index < -0.39 is 0 Å². The number of halogens is 2. The summed E-state index contributed by atoms with van der Waals surface area (Å²) in [5.74, 6) is 0.864. The van der Waals surface area contributed by atoms with Gasteiger partial charge >= 0.3 is 0 Å². The normalized spacial score (nSPS) is 18.3. The second-order valence-electron chi connectivity index (χ2n) is 7.44. The first-order chi connectivity index (χ1) is 14.5. The van der Waals surface area contributed by atoms with Crippen molar-refractivity contribution in [3.05, 3.63) is 75.8 Å². The molecule has 0 saturated carbocycles. The van der Waals surface area contributed by atoms with E-state index in [0.29, 0.717) is 28.7 Å². The second kappa shape index (κ2) is 9.04. The lowest BCUT2D eigenvalue weighted by Gasteiger charge is -2.43. The van der Waals surface area contributed by atoms with Crippen LogP contribution in [0.4, 0.5) is 0 Å². The quantitative estimate of drug-likeness (QED) is 0.589. The molecule has 30 heavy (non-hydrogen) atoms. The summed E-state index contributed by atoms with van der Waals surface area (Å²) in [6, 6.07) is 14.8. The van der Waals surface area contributed by atoms with Gasteiger partial charge in [0.15, 0.2) is 0 Å². The number of carbonyl (C=O) groups excluding carboxylic acids is 2. The van der Waals surface area contributed by atoms with Crippen molar-refractivity contribution >= 4 is 52.9 Å². The first-order valence-electron chi connectivity index (χ1n) is 9.92. The maximum Gasteiger partial charge on any atom is 0.255 e. The van der Waals surface area contributed by atoms with Crippen LogP contribution in [0.25, 0.3) is 6.08 Å². The van der Waals surface area contributed by atoms with Gasteiger partial charge < -0.3 is 9.80 Å². The lowest BCUT2D eigenvalue weighted by atomic mass is 10.0. The van der Waals surface area contributed by atoms with Crippen LogP contribution in [0.15, 0.2) is 54.6 Å². The number of amides is 2. The molecule has 2 saturated heterocycles. The third kappa shape index (κ3) is 4.39. The highest BCUT2D eigenvalue weighted by Crippen LogP contribution is 2.44. The van der Waals surface area contributed by atoms with Crippen molar-refractivity contribution in [2.75, 3.05) is 25.4 Å². The number of rotatable bonds is 3. The Hall–Kier alpha value is -1.95. The molecule has 0 radical (unpaired) electrons. The summed E-state index contributed by atoms with van der Waals surface area (Å²) in [5, 5.41) is 0.875. The Morgan fingerprint density at radius 1 is 1.00 bits per heavy atom. The molecule has 2 aromatic rings. The standard InChI is InChI=1S/C23H22Cl2N2O2S/c24-18-7-8-19(20(25)16-18)22(29)26-12-10-23(11-13-26)27(14-15-30-23)21(28)9-6-17-4-2-1-3-5-17/h1-9,16H,10-15H2/b9-6+. The van der Waals surface area contributed by atoms with Crippen molar-refractivity contribution < 1.29 is 9.59 Å². The van der Waals surface area contributed by atoms with Crippen molar-refractivity contribution in [1.82, 2.24) is 9.80 Å². The molecule has 2 amide bonds. The average Bonchev–Trinajstić information content (AvgIpc) is 3.16. The lowest BCUT2D eigenvalue weighted by Crippen LogP contribution is -2.53. The van der Waals surface area contributed by atoms with Crippen LogP contribution in [0.3, 0.4) is 0 Å². The number of carbonyl (C=O) groups is 2. The molecule has 2 heterocycles.